The second-order valence-electron chi connectivity index (χ2n) is 11.1. The maximum absolute atomic E-state index is 12.7. The summed E-state index contributed by atoms with van der Waals surface area (Å²) in [6, 6.07) is 3.54. The van der Waals surface area contributed by atoms with Crippen LogP contribution in [0.15, 0.2) is 24.5 Å². The maximum atomic E-state index is 12.7. The van der Waals surface area contributed by atoms with Gasteiger partial charge in [-0.1, -0.05) is 90.4 Å². The molecule has 1 aliphatic rings. The summed E-state index contributed by atoms with van der Waals surface area (Å²) in [5.41, 5.74) is 0.499. The highest BCUT2D eigenvalue weighted by atomic mass is 16.6. The van der Waals surface area contributed by atoms with E-state index in [1.54, 1.807) is 12.3 Å². The molecule has 0 unspecified atom stereocenters. The van der Waals surface area contributed by atoms with Gasteiger partial charge in [-0.25, -0.2) is 14.3 Å². The van der Waals surface area contributed by atoms with Crippen molar-refractivity contribution in [2.24, 2.45) is 5.92 Å². The molecule has 2 rings (SSSR count). The molecule has 0 bridgehead atoms. The number of unbranched alkanes of at least 4 members (excludes halogenated alkanes) is 13. The molecule has 0 spiro atoms. The Morgan fingerprint density at radius 3 is 2.13 bits per heavy atom. The predicted octanol–water partition coefficient (Wildman–Crippen LogP) is 7.39. The van der Waals surface area contributed by atoms with Crippen molar-refractivity contribution in [3.8, 4) is 0 Å². The largest absolute Gasteiger partial charge is 0.446 e. The number of carbonyl (C=O) groups excluding carboxylic acids is 2. The molecule has 2 amide bonds. The van der Waals surface area contributed by atoms with E-state index in [-0.39, 0.29) is 18.6 Å². The minimum absolute atomic E-state index is 0.138. The lowest BCUT2D eigenvalue weighted by Gasteiger charge is -2.19. The van der Waals surface area contributed by atoms with Crippen LogP contribution in [0.25, 0.3) is 0 Å². The molecule has 2 heterocycles. The first-order valence-electron chi connectivity index (χ1n) is 15.7. The number of rotatable bonds is 21. The van der Waals surface area contributed by atoms with Gasteiger partial charge in [-0.3, -0.25) is 4.79 Å². The van der Waals surface area contributed by atoms with E-state index in [0.717, 1.165) is 30.9 Å². The minimum Gasteiger partial charge on any atom is -0.446 e. The van der Waals surface area contributed by atoms with Crippen molar-refractivity contribution in [1.29, 1.82) is 0 Å². The Kier molecular flexibility index (Phi) is 17.8. The Morgan fingerprint density at radius 1 is 0.923 bits per heavy atom. The number of imide groups is 1. The van der Waals surface area contributed by atoms with Crippen LogP contribution in [0.2, 0.25) is 0 Å². The maximum Gasteiger partial charge on any atom is 0.421 e. The summed E-state index contributed by atoms with van der Waals surface area (Å²) in [6.07, 6.45) is 22.6. The minimum atomic E-state index is -0.669. The van der Waals surface area contributed by atoms with Crippen LogP contribution < -0.4 is 9.47 Å². The van der Waals surface area contributed by atoms with E-state index in [1.165, 1.54) is 90.4 Å². The van der Waals surface area contributed by atoms with Gasteiger partial charge in [0.2, 0.25) is 5.91 Å². The van der Waals surface area contributed by atoms with Gasteiger partial charge in [0.25, 0.3) is 0 Å². The Bertz CT molecular complexity index is 803. The van der Waals surface area contributed by atoms with E-state index in [0.29, 0.717) is 24.8 Å². The summed E-state index contributed by atoms with van der Waals surface area (Å²) in [5, 5.41) is 0. The molecule has 1 saturated heterocycles. The number of aromatic nitrogens is 1. The average molecular weight is 548 g/mol. The first-order chi connectivity index (χ1) is 19.0. The summed E-state index contributed by atoms with van der Waals surface area (Å²) in [5.74, 6) is -0.0575. The average Bonchev–Trinajstić information content (AvgIpc) is 3.39. The van der Waals surface area contributed by atoms with Crippen molar-refractivity contribution in [1.82, 2.24) is 0 Å². The van der Waals surface area contributed by atoms with Crippen molar-refractivity contribution in [3.05, 3.63) is 24.5 Å². The highest BCUT2D eigenvalue weighted by Crippen LogP contribution is 2.21. The Balaban J connectivity index is 1.46. The smallest absolute Gasteiger partial charge is 0.421 e. The monoisotopic (exact) mass is 547 g/mol. The van der Waals surface area contributed by atoms with Gasteiger partial charge < -0.3 is 14.2 Å². The summed E-state index contributed by atoms with van der Waals surface area (Å²) in [6.45, 7) is 8.62. The van der Waals surface area contributed by atoms with Crippen LogP contribution >= 0.6 is 0 Å². The first-order valence-corrected chi connectivity index (χ1v) is 15.7. The number of aryl methyl sites for hydroxylation is 1. The summed E-state index contributed by atoms with van der Waals surface area (Å²) in [4.78, 5) is 25.9. The van der Waals surface area contributed by atoms with E-state index in [1.807, 2.05) is 23.8 Å². The highest BCUT2D eigenvalue weighted by molar-refractivity contribution is 6.11. The Labute approximate surface area is 237 Å². The molecule has 39 heavy (non-hydrogen) atoms. The lowest BCUT2D eigenvalue weighted by atomic mass is 10.0. The van der Waals surface area contributed by atoms with Crippen LogP contribution in [-0.4, -0.2) is 44.5 Å². The van der Waals surface area contributed by atoms with E-state index < -0.39 is 6.09 Å². The van der Waals surface area contributed by atoms with Gasteiger partial charge in [-0.15, -0.1) is 0 Å². The molecule has 2 atom stereocenters. The molecule has 0 N–H and O–H groups in total. The molecule has 7 heteroatoms. The zero-order chi connectivity index (χ0) is 28.1. The van der Waals surface area contributed by atoms with Crippen molar-refractivity contribution in [3.63, 3.8) is 0 Å². The second-order valence-corrected chi connectivity index (χ2v) is 11.1. The standard InChI is InChI=1S/C32H55N2O5/c1-4-6-7-8-9-10-11-12-13-14-15-16-17-18-22-37-25-29-23-31(38-26-29)27-39-32(36)34(28(3)35)30-20-19-21-33(5-2)24-30/h19-21,24,29,31H,4-18,22-23,25-27H2,1-3H3/q+1/t29-,31-/m1/s1. The topological polar surface area (TPSA) is 69.0 Å². The molecular formula is C32H55N2O5+. The highest BCUT2D eigenvalue weighted by Gasteiger charge is 2.29. The number of ether oxygens (including phenoxy) is 3. The molecular weight excluding hydrogens is 492 g/mol. The van der Waals surface area contributed by atoms with Crippen LogP contribution in [0, 0.1) is 5.92 Å². The van der Waals surface area contributed by atoms with E-state index in [2.05, 4.69) is 6.92 Å². The van der Waals surface area contributed by atoms with Crippen LogP contribution in [-0.2, 0) is 25.5 Å². The van der Waals surface area contributed by atoms with Crippen LogP contribution in [0.4, 0.5) is 10.5 Å². The van der Waals surface area contributed by atoms with Crippen LogP contribution in [0.1, 0.15) is 117 Å². The molecule has 0 saturated carbocycles. The molecule has 0 aliphatic carbocycles. The Hall–Kier alpha value is -1.99. The zero-order valence-corrected chi connectivity index (χ0v) is 25.0. The molecule has 222 valence electrons. The second kappa shape index (κ2) is 20.8. The lowest BCUT2D eigenvalue weighted by molar-refractivity contribution is -0.693. The summed E-state index contributed by atoms with van der Waals surface area (Å²) < 4.78 is 19.1. The fourth-order valence-electron chi connectivity index (χ4n) is 5.14. The van der Waals surface area contributed by atoms with Gasteiger partial charge in [-0.05, 0) is 25.8 Å². The number of nitrogens with zero attached hydrogens (tertiary/aromatic N) is 2. The van der Waals surface area contributed by atoms with Gasteiger partial charge in [0, 0.05) is 25.5 Å². The van der Waals surface area contributed by atoms with Gasteiger partial charge >= 0.3 is 6.09 Å². The van der Waals surface area contributed by atoms with Crippen LogP contribution in [0.5, 0.6) is 0 Å². The van der Waals surface area contributed by atoms with Crippen molar-refractivity contribution in [2.75, 3.05) is 31.3 Å². The Morgan fingerprint density at radius 2 is 1.54 bits per heavy atom. The fourth-order valence-corrected chi connectivity index (χ4v) is 5.14. The van der Waals surface area contributed by atoms with Gasteiger partial charge in [0.1, 0.15) is 18.8 Å². The molecule has 1 aromatic heterocycles. The number of anilines is 1. The third-order valence-electron chi connectivity index (χ3n) is 7.52. The van der Waals surface area contributed by atoms with E-state index in [4.69, 9.17) is 14.2 Å². The summed E-state index contributed by atoms with van der Waals surface area (Å²) in [7, 11) is 0. The first kappa shape index (κ1) is 33.2. The third kappa shape index (κ3) is 14.3. The number of amides is 2. The number of hydrogen-bond acceptors (Lipinski definition) is 5. The molecule has 1 fully saturated rings. The molecule has 7 nitrogen and oxygen atoms in total. The quantitative estimate of drug-likeness (QED) is 0.119. The van der Waals surface area contributed by atoms with Gasteiger partial charge in [-0.2, -0.15) is 0 Å². The van der Waals surface area contributed by atoms with Crippen molar-refractivity contribution in [2.45, 2.75) is 130 Å². The van der Waals surface area contributed by atoms with Crippen LogP contribution in [0.3, 0.4) is 0 Å². The fraction of sp³-hybridized carbons (Fsp3) is 0.781. The number of hydrogen-bond donors (Lipinski definition) is 0. The number of carbonyl (C=O) groups is 2. The molecule has 1 aliphatic heterocycles. The van der Waals surface area contributed by atoms with Gasteiger partial charge in [0.15, 0.2) is 12.4 Å². The molecule has 1 aromatic rings. The molecule has 0 aromatic carbocycles. The summed E-state index contributed by atoms with van der Waals surface area (Å²) >= 11 is 0. The normalized spacial score (nSPS) is 16.9. The van der Waals surface area contributed by atoms with Crippen molar-refractivity contribution >= 4 is 17.7 Å². The SMILES string of the molecule is CCCCCCCCCCCCCCCCOC[C@@H]1CO[C@@H](COC(=O)N(C(C)=O)c2ccc[n+](CC)c2)C1. The van der Waals surface area contributed by atoms with Gasteiger partial charge in [0.05, 0.1) is 19.3 Å². The van der Waals surface area contributed by atoms with E-state index in [9.17, 15) is 9.59 Å². The van der Waals surface area contributed by atoms with Crippen molar-refractivity contribution < 1.29 is 28.4 Å². The third-order valence-corrected chi connectivity index (χ3v) is 7.52. The zero-order valence-electron chi connectivity index (χ0n) is 25.0. The number of pyridine rings is 1. The van der Waals surface area contributed by atoms with E-state index >= 15 is 0 Å². The molecule has 0 radical (unpaired) electrons. The predicted molar refractivity (Wildman–Crippen MR) is 156 cm³/mol. The lowest BCUT2D eigenvalue weighted by Crippen LogP contribution is -2.40.